The molecule has 3 aromatic rings. The number of hydrazone groups is 1. The van der Waals surface area contributed by atoms with Crippen molar-refractivity contribution in [2.75, 3.05) is 0 Å². The van der Waals surface area contributed by atoms with E-state index in [1.165, 1.54) is 6.21 Å². The van der Waals surface area contributed by atoms with Crippen molar-refractivity contribution in [1.82, 2.24) is 10.7 Å². The van der Waals surface area contributed by atoms with E-state index < -0.39 is 11.8 Å². The molecule has 0 aliphatic heterocycles. The van der Waals surface area contributed by atoms with Crippen LogP contribution < -0.4 is 10.7 Å². The van der Waals surface area contributed by atoms with E-state index in [-0.39, 0.29) is 11.4 Å². The van der Waals surface area contributed by atoms with Gasteiger partial charge in [0.2, 0.25) is 0 Å². The molecule has 3 rings (SSSR count). The highest BCUT2D eigenvalue weighted by molar-refractivity contribution is 9.11. The molecule has 8 heteroatoms. The van der Waals surface area contributed by atoms with E-state index in [2.05, 4.69) is 47.7 Å². The number of amides is 2. The average molecular weight is 583 g/mol. The minimum atomic E-state index is -0.616. The summed E-state index contributed by atoms with van der Waals surface area (Å²) in [4.78, 5) is 25.6. The monoisotopic (exact) mass is 581 g/mol. The second-order valence-electron chi connectivity index (χ2n) is 7.20. The van der Waals surface area contributed by atoms with Gasteiger partial charge in [-0.15, -0.1) is 0 Å². The summed E-state index contributed by atoms with van der Waals surface area (Å²) in [6.07, 6.45) is 4.78. The molecule has 6 nitrogen and oxygen atoms in total. The first-order chi connectivity index (χ1) is 16.3. The summed E-state index contributed by atoms with van der Waals surface area (Å²) in [5.41, 5.74) is 4.94. The Morgan fingerprint density at radius 1 is 0.971 bits per heavy atom. The molecule has 34 heavy (non-hydrogen) atoms. The van der Waals surface area contributed by atoms with Gasteiger partial charge < -0.3 is 10.4 Å². The van der Waals surface area contributed by atoms with Crippen molar-refractivity contribution in [3.63, 3.8) is 0 Å². The predicted octanol–water partition coefficient (Wildman–Crippen LogP) is 5.78. The molecule has 3 N–H and O–H groups in total. The summed E-state index contributed by atoms with van der Waals surface area (Å²) >= 11 is 6.59. The molecule has 0 fully saturated rings. The molecule has 0 saturated heterocycles. The topological polar surface area (TPSA) is 90.8 Å². The summed E-state index contributed by atoms with van der Waals surface area (Å²) in [5, 5.41) is 16.8. The fourth-order valence-corrected chi connectivity index (χ4v) is 4.19. The van der Waals surface area contributed by atoms with Crippen LogP contribution in [0.15, 0.2) is 104 Å². The average Bonchev–Trinajstić information content (AvgIpc) is 2.82. The van der Waals surface area contributed by atoms with Crippen LogP contribution in [0, 0.1) is 0 Å². The molecule has 3 aromatic carbocycles. The number of benzene rings is 3. The van der Waals surface area contributed by atoms with Crippen molar-refractivity contribution in [3.05, 3.63) is 116 Å². The van der Waals surface area contributed by atoms with Crippen molar-refractivity contribution >= 4 is 56.0 Å². The zero-order valence-corrected chi connectivity index (χ0v) is 21.3. The molecule has 0 aliphatic rings. The van der Waals surface area contributed by atoms with Crippen LogP contribution in [0.1, 0.15) is 28.4 Å². The van der Waals surface area contributed by atoms with Crippen LogP contribution >= 0.6 is 31.9 Å². The molecule has 0 heterocycles. The van der Waals surface area contributed by atoms with E-state index in [1.807, 2.05) is 43.3 Å². The molecule has 0 saturated carbocycles. The van der Waals surface area contributed by atoms with Gasteiger partial charge in [-0.1, -0.05) is 70.5 Å². The number of rotatable bonds is 7. The van der Waals surface area contributed by atoms with Gasteiger partial charge in [0.25, 0.3) is 11.8 Å². The molecule has 0 atom stereocenters. The number of hydrogen-bond acceptors (Lipinski definition) is 4. The van der Waals surface area contributed by atoms with Crippen LogP contribution in [0.4, 0.5) is 0 Å². The first kappa shape index (κ1) is 25.1. The Balaban J connectivity index is 1.84. The number of phenols is 1. The van der Waals surface area contributed by atoms with Crippen LogP contribution in [0.5, 0.6) is 5.75 Å². The Bertz CT molecular complexity index is 1270. The molecule has 0 bridgehead atoms. The lowest BCUT2D eigenvalue weighted by atomic mass is 10.1. The number of aromatic hydroxyl groups is 1. The van der Waals surface area contributed by atoms with Gasteiger partial charge in [0.15, 0.2) is 0 Å². The lowest BCUT2D eigenvalue weighted by molar-refractivity contribution is -0.117. The third kappa shape index (κ3) is 7.26. The normalized spacial score (nSPS) is 12.0. The third-order valence-corrected chi connectivity index (χ3v) is 5.58. The number of nitrogens with zero attached hydrogens (tertiary/aromatic N) is 1. The largest absolute Gasteiger partial charge is 0.506 e. The first-order valence-electron chi connectivity index (χ1n) is 10.2. The SMILES string of the molecule is CC(=C/c1ccccc1)/C=C(/NC(=O)c1ccccc1)C(=O)NN=Cc1cc(Br)cc(Br)c1O. The lowest BCUT2D eigenvalue weighted by Crippen LogP contribution is -2.33. The molecule has 0 unspecified atom stereocenters. The van der Waals surface area contributed by atoms with Crippen LogP contribution in [0.3, 0.4) is 0 Å². The van der Waals surface area contributed by atoms with Crippen LogP contribution in [-0.4, -0.2) is 23.1 Å². The number of nitrogens with one attached hydrogen (secondary N) is 2. The molecule has 0 radical (unpaired) electrons. The third-order valence-electron chi connectivity index (χ3n) is 4.52. The number of halogens is 2. The van der Waals surface area contributed by atoms with E-state index in [4.69, 9.17) is 0 Å². The van der Waals surface area contributed by atoms with Crippen LogP contribution in [-0.2, 0) is 4.79 Å². The predicted molar refractivity (Wildman–Crippen MR) is 141 cm³/mol. The van der Waals surface area contributed by atoms with E-state index in [0.29, 0.717) is 15.6 Å². The van der Waals surface area contributed by atoms with Crippen LogP contribution in [0.25, 0.3) is 6.08 Å². The van der Waals surface area contributed by atoms with Crippen LogP contribution in [0.2, 0.25) is 0 Å². The lowest BCUT2D eigenvalue weighted by Gasteiger charge is -2.09. The number of carbonyl (C=O) groups is 2. The van der Waals surface area contributed by atoms with E-state index in [1.54, 1.807) is 48.5 Å². The maximum Gasteiger partial charge on any atom is 0.287 e. The molecule has 2 amide bonds. The number of phenolic OH excluding ortho intramolecular Hbond substituents is 1. The van der Waals surface area contributed by atoms with Gasteiger partial charge in [-0.05, 0) is 64.3 Å². The standard InChI is InChI=1S/C26H21Br2N3O3/c1-17(12-18-8-4-2-5-9-18)13-23(30-25(33)19-10-6-3-7-11-19)26(34)31-29-16-20-14-21(27)15-22(28)24(20)32/h2-16,32H,1H3,(H,30,33)(H,31,34)/b17-12-,23-13+,29-16?. The highest BCUT2D eigenvalue weighted by Gasteiger charge is 2.14. The Labute approximate surface area is 214 Å². The van der Waals surface area contributed by atoms with E-state index >= 15 is 0 Å². The van der Waals surface area contributed by atoms with E-state index in [9.17, 15) is 14.7 Å². The highest BCUT2D eigenvalue weighted by atomic mass is 79.9. The zero-order chi connectivity index (χ0) is 24.5. The van der Waals surface area contributed by atoms with Gasteiger partial charge in [0.05, 0.1) is 10.7 Å². The van der Waals surface area contributed by atoms with Gasteiger partial charge in [0.1, 0.15) is 11.4 Å². The Morgan fingerprint density at radius 2 is 1.62 bits per heavy atom. The molecular weight excluding hydrogens is 562 g/mol. The Kier molecular flexibility index (Phi) is 8.95. The summed E-state index contributed by atoms with van der Waals surface area (Å²) in [7, 11) is 0. The first-order valence-corrected chi connectivity index (χ1v) is 11.7. The molecule has 172 valence electrons. The van der Waals surface area contributed by atoms with Crippen molar-refractivity contribution in [2.45, 2.75) is 6.92 Å². The summed E-state index contributed by atoms with van der Waals surface area (Å²) in [6.45, 7) is 1.83. The number of carbonyl (C=O) groups excluding carboxylic acids is 2. The minimum absolute atomic E-state index is 0.0176. The van der Waals surface area contributed by atoms with Crippen molar-refractivity contribution in [1.29, 1.82) is 0 Å². The Morgan fingerprint density at radius 3 is 2.29 bits per heavy atom. The summed E-state index contributed by atoms with van der Waals surface area (Å²) < 4.78 is 1.20. The fraction of sp³-hybridized carbons (Fsp3) is 0.0385. The van der Waals surface area contributed by atoms with E-state index in [0.717, 1.165) is 15.6 Å². The van der Waals surface area contributed by atoms with Gasteiger partial charge in [-0.3, -0.25) is 9.59 Å². The number of allylic oxidation sites excluding steroid dienone is 2. The molecule has 0 spiro atoms. The van der Waals surface area contributed by atoms with Gasteiger partial charge in [-0.2, -0.15) is 5.10 Å². The summed E-state index contributed by atoms with van der Waals surface area (Å²) in [6, 6.07) is 21.6. The smallest absolute Gasteiger partial charge is 0.287 e. The highest BCUT2D eigenvalue weighted by Crippen LogP contribution is 2.30. The van der Waals surface area contributed by atoms with Gasteiger partial charge in [0, 0.05) is 15.6 Å². The number of hydrogen-bond donors (Lipinski definition) is 3. The fourth-order valence-electron chi connectivity index (χ4n) is 2.93. The molecule has 0 aromatic heterocycles. The van der Waals surface area contributed by atoms with Crippen molar-refractivity contribution in [3.8, 4) is 5.75 Å². The molecule has 0 aliphatic carbocycles. The molecular formula is C26H21Br2N3O3. The quantitative estimate of drug-likeness (QED) is 0.143. The zero-order valence-electron chi connectivity index (χ0n) is 18.1. The second kappa shape index (κ2) is 12.1. The maximum absolute atomic E-state index is 12.9. The minimum Gasteiger partial charge on any atom is -0.506 e. The Hall–Kier alpha value is -3.49. The van der Waals surface area contributed by atoms with Gasteiger partial charge in [-0.25, -0.2) is 5.43 Å². The second-order valence-corrected chi connectivity index (χ2v) is 8.97. The maximum atomic E-state index is 12.9. The van der Waals surface area contributed by atoms with Crippen molar-refractivity contribution < 1.29 is 14.7 Å². The summed E-state index contributed by atoms with van der Waals surface area (Å²) in [5.74, 6) is -1.06. The van der Waals surface area contributed by atoms with Crippen molar-refractivity contribution in [2.24, 2.45) is 5.10 Å². The van der Waals surface area contributed by atoms with Gasteiger partial charge >= 0.3 is 0 Å².